The lowest BCUT2D eigenvalue weighted by molar-refractivity contribution is 0.818. The molecule has 1 N–H and O–H groups in total. The fourth-order valence-corrected chi connectivity index (χ4v) is 3.24. The Kier molecular flexibility index (Phi) is 2.53. The highest BCUT2D eigenvalue weighted by Gasteiger charge is 2.26. The molecule has 0 radical (unpaired) electrons. The molecule has 20 heavy (non-hydrogen) atoms. The number of fused-ring (bicyclic) bond motifs is 1. The Morgan fingerprint density at radius 3 is 2.95 bits per heavy atom. The Balaban J connectivity index is 1.91. The molecule has 4 rings (SSSR count). The molecule has 0 spiro atoms. The number of aromatic nitrogens is 4. The minimum Gasteiger partial charge on any atom is -0.357 e. The molecule has 0 unspecified atom stereocenters. The van der Waals surface area contributed by atoms with Crippen LogP contribution in [0.5, 0.6) is 0 Å². The summed E-state index contributed by atoms with van der Waals surface area (Å²) in [7, 11) is 1.84. The molecule has 1 fully saturated rings. The highest BCUT2D eigenvalue weighted by molar-refractivity contribution is 7.18. The maximum absolute atomic E-state index is 4.68. The van der Waals surface area contributed by atoms with Gasteiger partial charge in [-0.1, -0.05) is 0 Å². The van der Waals surface area contributed by atoms with Crippen LogP contribution in [0.15, 0.2) is 18.3 Å². The van der Waals surface area contributed by atoms with Crippen LogP contribution >= 0.6 is 11.3 Å². The van der Waals surface area contributed by atoms with Crippen LogP contribution in [0, 0.1) is 6.92 Å². The van der Waals surface area contributed by atoms with E-state index in [1.165, 1.54) is 23.4 Å². The molecule has 0 saturated heterocycles. The van der Waals surface area contributed by atoms with Crippen molar-refractivity contribution >= 4 is 27.5 Å². The third-order valence-electron chi connectivity index (χ3n) is 3.54. The molecule has 0 aliphatic heterocycles. The van der Waals surface area contributed by atoms with Crippen molar-refractivity contribution in [2.75, 3.05) is 12.4 Å². The molecule has 0 bridgehead atoms. The van der Waals surface area contributed by atoms with Gasteiger partial charge in [0.05, 0.1) is 11.1 Å². The van der Waals surface area contributed by atoms with E-state index in [0.29, 0.717) is 11.9 Å². The van der Waals surface area contributed by atoms with Gasteiger partial charge in [0.2, 0.25) is 5.95 Å². The number of aryl methyl sites for hydroxylation is 1. The molecule has 6 heteroatoms. The van der Waals surface area contributed by atoms with Crippen LogP contribution in [0.1, 0.15) is 29.3 Å². The molecular formula is C14H15N5S. The van der Waals surface area contributed by atoms with Gasteiger partial charge in [0.25, 0.3) is 0 Å². The number of anilines is 1. The molecule has 3 aromatic rings. The third kappa shape index (κ3) is 1.87. The minimum absolute atomic E-state index is 0.637. The topological polar surface area (TPSA) is 55.6 Å². The first-order chi connectivity index (χ1) is 9.74. The highest BCUT2D eigenvalue weighted by Crippen LogP contribution is 2.39. The summed E-state index contributed by atoms with van der Waals surface area (Å²) in [6.45, 7) is 2.09. The van der Waals surface area contributed by atoms with E-state index >= 15 is 0 Å². The normalized spacial score (nSPS) is 14.9. The zero-order valence-electron chi connectivity index (χ0n) is 11.4. The Morgan fingerprint density at radius 1 is 1.35 bits per heavy atom. The zero-order valence-corrected chi connectivity index (χ0v) is 12.2. The average Bonchev–Trinajstić information content (AvgIpc) is 3.05. The zero-order chi connectivity index (χ0) is 13.7. The summed E-state index contributed by atoms with van der Waals surface area (Å²) in [6.07, 6.45) is 4.52. The van der Waals surface area contributed by atoms with Crippen molar-refractivity contribution in [3.05, 3.63) is 28.9 Å². The first kappa shape index (κ1) is 11.8. The molecule has 1 aliphatic rings. The molecular weight excluding hydrogens is 270 g/mol. The molecule has 102 valence electrons. The first-order valence-electron chi connectivity index (χ1n) is 6.76. The monoisotopic (exact) mass is 285 g/mol. The molecule has 1 aliphatic carbocycles. The predicted molar refractivity (Wildman–Crippen MR) is 80.8 cm³/mol. The van der Waals surface area contributed by atoms with Gasteiger partial charge in [-0.2, -0.15) is 10.1 Å². The lowest BCUT2D eigenvalue weighted by Gasteiger charge is -2.05. The number of thiophene rings is 1. The van der Waals surface area contributed by atoms with Gasteiger partial charge in [0.1, 0.15) is 4.83 Å². The second-order valence-electron chi connectivity index (χ2n) is 5.16. The van der Waals surface area contributed by atoms with Gasteiger partial charge in [-0.15, -0.1) is 11.3 Å². The summed E-state index contributed by atoms with van der Waals surface area (Å²) < 4.78 is 1.88. The highest BCUT2D eigenvalue weighted by atomic mass is 32.1. The van der Waals surface area contributed by atoms with Gasteiger partial charge >= 0.3 is 0 Å². The summed E-state index contributed by atoms with van der Waals surface area (Å²) in [5.41, 5.74) is 1.18. The Hall–Kier alpha value is -1.95. The van der Waals surface area contributed by atoms with E-state index in [1.54, 1.807) is 11.3 Å². The van der Waals surface area contributed by atoms with E-state index in [4.69, 9.17) is 0 Å². The van der Waals surface area contributed by atoms with Crippen molar-refractivity contribution in [3.63, 3.8) is 0 Å². The molecule has 3 heterocycles. The lowest BCUT2D eigenvalue weighted by atomic mass is 10.3. The van der Waals surface area contributed by atoms with E-state index in [9.17, 15) is 0 Å². The minimum atomic E-state index is 0.637. The largest absolute Gasteiger partial charge is 0.357 e. The lowest BCUT2D eigenvalue weighted by Crippen LogP contribution is -2.04. The smallest absolute Gasteiger partial charge is 0.225 e. The van der Waals surface area contributed by atoms with Crippen LogP contribution in [0.4, 0.5) is 5.95 Å². The first-order valence-corrected chi connectivity index (χ1v) is 7.58. The fourth-order valence-electron chi connectivity index (χ4n) is 2.37. The van der Waals surface area contributed by atoms with Gasteiger partial charge in [-0.25, -0.2) is 9.67 Å². The Labute approximate surface area is 120 Å². The van der Waals surface area contributed by atoms with E-state index < -0.39 is 0 Å². The molecule has 0 atom stereocenters. The van der Waals surface area contributed by atoms with E-state index in [0.717, 1.165) is 16.0 Å². The van der Waals surface area contributed by atoms with E-state index in [2.05, 4.69) is 39.4 Å². The number of hydrogen-bond donors (Lipinski definition) is 1. The summed E-state index contributed by atoms with van der Waals surface area (Å²) in [5.74, 6) is 2.15. The van der Waals surface area contributed by atoms with Crippen molar-refractivity contribution < 1.29 is 0 Å². The number of nitrogens with one attached hydrogen (secondary N) is 1. The summed E-state index contributed by atoms with van der Waals surface area (Å²) >= 11 is 1.68. The predicted octanol–water partition coefficient (Wildman–Crippen LogP) is 3.10. The number of nitrogens with zero attached hydrogens (tertiary/aromatic N) is 4. The quantitative estimate of drug-likeness (QED) is 0.803. The van der Waals surface area contributed by atoms with Gasteiger partial charge < -0.3 is 5.32 Å². The van der Waals surface area contributed by atoms with Crippen LogP contribution in [0.3, 0.4) is 0 Å². The number of hydrogen-bond acceptors (Lipinski definition) is 5. The van der Waals surface area contributed by atoms with E-state index in [1.807, 2.05) is 17.9 Å². The second-order valence-corrected chi connectivity index (χ2v) is 6.39. The molecule has 1 saturated carbocycles. The maximum atomic E-state index is 4.68. The Morgan fingerprint density at radius 2 is 2.20 bits per heavy atom. The van der Waals surface area contributed by atoms with E-state index in [-0.39, 0.29) is 0 Å². The van der Waals surface area contributed by atoms with Crippen molar-refractivity contribution in [3.8, 4) is 5.82 Å². The SMILES string of the molecule is CNc1nc(-n2ccc(C3CC3)n2)c2cc(C)sc2n1. The van der Waals surface area contributed by atoms with Crippen LogP contribution in [0.2, 0.25) is 0 Å². The third-order valence-corrected chi connectivity index (χ3v) is 4.49. The van der Waals surface area contributed by atoms with Crippen molar-refractivity contribution in [2.45, 2.75) is 25.7 Å². The summed E-state index contributed by atoms with van der Waals surface area (Å²) in [6, 6.07) is 4.23. The molecule has 3 aromatic heterocycles. The molecule has 0 aromatic carbocycles. The van der Waals surface area contributed by atoms with Crippen molar-refractivity contribution in [2.24, 2.45) is 0 Å². The second kappa shape index (κ2) is 4.28. The van der Waals surface area contributed by atoms with Crippen LogP contribution < -0.4 is 5.32 Å². The van der Waals surface area contributed by atoms with Crippen molar-refractivity contribution in [1.29, 1.82) is 0 Å². The van der Waals surface area contributed by atoms with Gasteiger partial charge in [-0.05, 0) is 31.9 Å². The fraction of sp³-hybridized carbons (Fsp3) is 0.357. The number of rotatable bonds is 3. The van der Waals surface area contributed by atoms with Gasteiger partial charge in [0.15, 0.2) is 5.82 Å². The van der Waals surface area contributed by atoms with Crippen LogP contribution in [0.25, 0.3) is 16.0 Å². The summed E-state index contributed by atoms with van der Waals surface area (Å²) in [5, 5.41) is 8.77. The van der Waals surface area contributed by atoms with Crippen molar-refractivity contribution in [1.82, 2.24) is 19.7 Å². The van der Waals surface area contributed by atoms with Gasteiger partial charge in [0, 0.05) is 24.0 Å². The maximum Gasteiger partial charge on any atom is 0.225 e. The average molecular weight is 285 g/mol. The summed E-state index contributed by atoms with van der Waals surface area (Å²) in [4.78, 5) is 11.3. The molecule has 5 nitrogen and oxygen atoms in total. The van der Waals surface area contributed by atoms with Gasteiger partial charge in [-0.3, -0.25) is 0 Å². The molecule has 0 amide bonds. The van der Waals surface area contributed by atoms with Crippen LogP contribution in [-0.2, 0) is 0 Å². The Bertz CT molecular complexity index is 784. The van der Waals surface area contributed by atoms with Crippen LogP contribution in [-0.4, -0.2) is 26.8 Å². The standard InChI is InChI=1S/C14H15N5S/c1-8-7-10-12(16-14(15-2)17-13(10)20-8)19-6-5-11(18-19)9-3-4-9/h5-7,9H,3-4H2,1-2H3,(H,15,16,17).